The predicted octanol–water partition coefficient (Wildman–Crippen LogP) is 1.22. The highest BCUT2D eigenvalue weighted by Gasteiger charge is 2.36. The summed E-state index contributed by atoms with van der Waals surface area (Å²) < 4.78 is 5.13. The van der Waals surface area contributed by atoms with Gasteiger partial charge in [-0.15, -0.1) is 0 Å². The first-order valence-electron chi connectivity index (χ1n) is 3.74. The molecule has 0 amide bonds. The number of aliphatic carboxylic acids is 1. The van der Waals surface area contributed by atoms with E-state index in [-0.39, 0.29) is 0 Å². The number of allylic oxidation sites excluding steroid dienone is 2. The first-order chi connectivity index (χ1) is 5.60. The maximum Gasteiger partial charge on any atom is 0.313 e. The standard InChI is InChI=1S/C9H12O3/c1-9(12-2)6-4-3-5-7(9)8(10)11/h3-7H,1-2H3,(H,10,11). The van der Waals surface area contributed by atoms with E-state index in [0.29, 0.717) is 0 Å². The monoisotopic (exact) mass is 168 g/mol. The van der Waals surface area contributed by atoms with Crippen LogP contribution in [0.4, 0.5) is 0 Å². The van der Waals surface area contributed by atoms with E-state index in [9.17, 15) is 4.79 Å². The summed E-state index contributed by atoms with van der Waals surface area (Å²) in [5.74, 6) is -1.45. The molecule has 0 aromatic rings. The Morgan fingerprint density at radius 2 is 2.25 bits per heavy atom. The number of hydrogen-bond donors (Lipinski definition) is 1. The zero-order chi connectivity index (χ0) is 9.19. The molecule has 2 atom stereocenters. The predicted molar refractivity (Wildman–Crippen MR) is 44.8 cm³/mol. The number of rotatable bonds is 2. The van der Waals surface area contributed by atoms with Crippen molar-refractivity contribution in [3.8, 4) is 0 Å². The Bertz CT molecular complexity index is 242. The number of carbonyl (C=O) groups is 1. The molecule has 0 aliphatic heterocycles. The van der Waals surface area contributed by atoms with Crippen molar-refractivity contribution < 1.29 is 14.6 Å². The Kier molecular flexibility index (Phi) is 2.33. The number of methoxy groups -OCH3 is 1. The topological polar surface area (TPSA) is 46.5 Å². The van der Waals surface area contributed by atoms with Crippen LogP contribution in [0.25, 0.3) is 0 Å². The van der Waals surface area contributed by atoms with Crippen molar-refractivity contribution in [2.45, 2.75) is 12.5 Å². The molecule has 0 radical (unpaired) electrons. The summed E-state index contributed by atoms with van der Waals surface area (Å²) in [6.45, 7) is 1.76. The fourth-order valence-electron chi connectivity index (χ4n) is 1.24. The van der Waals surface area contributed by atoms with Crippen molar-refractivity contribution >= 4 is 5.97 Å². The van der Waals surface area contributed by atoms with Gasteiger partial charge < -0.3 is 9.84 Å². The molecule has 0 saturated carbocycles. The second-order valence-electron chi connectivity index (χ2n) is 2.95. The number of ether oxygens (including phenoxy) is 1. The van der Waals surface area contributed by atoms with E-state index in [1.165, 1.54) is 7.11 Å². The van der Waals surface area contributed by atoms with Crippen LogP contribution in [0.2, 0.25) is 0 Å². The molecule has 1 aliphatic rings. The molecular weight excluding hydrogens is 156 g/mol. The van der Waals surface area contributed by atoms with Gasteiger partial charge in [0.1, 0.15) is 11.5 Å². The first-order valence-corrected chi connectivity index (χ1v) is 3.74. The van der Waals surface area contributed by atoms with Crippen molar-refractivity contribution in [2.75, 3.05) is 7.11 Å². The zero-order valence-electron chi connectivity index (χ0n) is 7.15. The number of carboxylic acid groups (broad SMARTS) is 1. The molecule has 0 aromatic carbocycles. The van der Waals surface area contributed by atoms with Crippen molar-refractivity contribution in [3.63, 3.8) is 0 Å². The van der Waals surface area contributed by atoms with Crippen LogP contribution in [0, 0.1) is 5.92 Å². The summed E-state index contributed by atoms with van der Waals surface area (Å²) in [6.07, 6.45) is 6.90. The van der Waals surface area contributed by atoms with Gasteiger partial charge in [-0.2, -0.15) is 0 Å². The van der Waals surface area contributed by atoms with Crippen LogP contribution in [0.5, 0.6) is 0 Å². The highest BCUT2D eigenvalue weighted by atomic mass is 16.5. The van der Waals surface area contributed by atoms with Gasteiger partial charge in [0.15, 0.2) is 0 Å². The molecule has 0 saturated heterocycles. The SMILES string of the molecule is COC1(C)C=CC=CC1C(=O)O. The summed E-state index contributed by atoms with van der Waals surface area (Å²) in [7, 11) is 1.51. The van der Waals surface area contributed by atoms with Gasteiger partial charge in [-0.05, 0) is 6.92 Å². The van der Waals surface area contributed by atoms with E-state index in [2.05, 4.69) is 0 Å². The van der Waals surface area contributed by atoms with Crippen LogP contribution in [0.1, 0.15) is 6.92 Å². The number of hydrogen-bond acceptors (Lipinski definition) is 2. The average molecular weight is 168 g/mol. The first kappa shape index (κ1) is 9.00. The molecule has 1 aliphatic carbocycles. The Morgan fingerprint density at radius 3 is 2.67 bits per heavy atom. The lowest BCUT2D eigenvalue weighted by Crippen LogP contribution is -2.39. The lowest BCUT2D eigenvalue weighted by Gasteiger charge is -2.30. The molecule has 0 fully saturated rings. The molecule has 66 valence electrons. The van der Waals surface area contributed by atoms with E-state index in [0.717, 1.165) is 0 Å². The van der Waals surface area contributed by atoms with Crippen LogP contribution < -0.4 is 0 Å². The molecule has 0 spiro atoms. The normalized spacial score (nSPS) is 33.7. The molecule has 3 nitrogen and oxygen atoms in total. The molecule has 12 heavy (non-hydrogen) atoms. The fourth-order valence-corrected chi connectivity index (χ4v) is 1.24. The van der Waals surface area contributed by atoms with E-state index in [1.807, 2.05) is 0 Å². The third-order valence-electron chi connectivity index (χ3n) is 2.17. The fraction of sp³-hybridized carbons (Fsp3) is 0.444. The van der Waals surface area contributed by atoms with Crippen molar-refractivity contribution in [1.82, 2.24) is 0 Å². The molecule has 0 aromatic heterocycles. The number of carboxylic acids is 1. The summed E-state index contributed by atoms with van der Waals surface area (Å²) >= 11 is 0. The second-order valence-corrected chi connectivity index (χ2v) is 2.95. The van der Waals surface area contributed by atoms with Crippen molar-refractivity contribution in [3.05, 3.63) is 24.3 Å². The maximum absolute atomic E-state index is 10.8. The quantitative estimate of drug-likeness (QED) is 0.674. The smallest absolute Gasteiger partial charge is 0.313 e. The summed E-state index contributed by atoms with van der Waals surface area (Å²) in [5.41, 5.74) is -0.708. The minimum Gasteiger partial charge on any atom is -0.481 e. The van der Waals surface area contributed by atoms with E-state index in [1.54, 1.807) is 31.2 Å². The summed E-state index contributed by atoms with van der Waals surface area (Å²) in [5, 5.41) is 8.84. The molecule has 2 unspecified atom stereocenters. The van der Waals surface area contributed by atoms with Crippen LogP contribution in [-0.2, 0) is 9.53 Å². The van der Waals surface area contributed by atoms with Gasteiger partial charge in [0.25, 0.3) is 0 Å². The highest BCUT2D eigenvalue weighted by molar-refractivity contribution is 5.75. The second kappa shape index (κ2) is 3.11. The van der Waals surface area contributed by atoms with E-state index >= 15 is 0 Å². The molecule has 1 rings (SSSR count). The van der Waals surface area contributed by atoms with Gasteiger partial charge in [0, 0.05) is 7.11 Å². The Labute approximate surface area is 71.3 Å². The van der Waals surface area contributed by atoms with Gasteiger partial charge in [-0.3, -0.25) is 4.79 Å². The van der Waals surface area contributed by atoms with Crippen molar-refractivity contribution in [1.29, 1.82) is 0 Å². The van der Waals surface area contributed by atoms with Gasteiger partial charge in [-0.1, -0.05) is 24.3 Å². The zero-order valence-corrected chi connectivity index (χ0v) is 7.15. The summed E-state index contributed by atoms with van der Waals surface area (Å²) in [4.78, 5) is 10.8. The maximum atomic E-state index is 10.8. The molecular formula is C9H12O3. The molecule has 1 N–H and O–H groups in total. The Morgan fingerprint density at radius 1 is 1.58 bits per heavy atom. The van der Waals surface area contributed by atoms with Crippen molar-refractivity contribution in [2.24, 2.45) is 5.92 Å². The third-order valence-corrected chi connectivity index (χ3v) is 2.17. The van der Waals surface area contributed by atoms with Gasteiger partial charge in [0.2, 0.25) is 0 Å². The highest BCUT2D eigenvalue weighted by Crippen LogP contribution is 2.27. The Balaban J connectivity index is 2.92. The Hall–Kier alpha value is -1.09. The minimum atomic E-state index is -0.861. The summed E-state index contributed by atoms with van der Waals surface area (Å²) in [6, 6.07) is 0. The molecule has 3 heteroatoms. The van der Waals surface area contributed by atoms with E-state index in [4.69, 9.17) is 9.84 Å². The largest absolute Gasteiger partial charge is 0.481 e. The van der Waals surface area contributed by atoms with E-state index < -0.39 is 17.5 Å². The van der Waals surface area contributed by atoms with Crippen LogP contribution >= 0.6 is 0 Å². The lowest BCUT2D eigenvalue weighted by atomic mass is 9.85. The van der Waals surface area contributed by atoms with Crippen LogP contribution in [0.15, 0.2) is 24.3 Å². The van der Waals surface area contributed by atoms with Gasteiger partial charge in [-0.25, -0.2) is 0 Å². The molecule has 0 bridgehead atoms. The van der Waals surface area contributed by atoms with Gasteiger partial charge >= 0.3 is 5.97 Å². The third kappa shape index (κ3) is 1.41. The molecule has 0 heterocycles. The van der Waals surface area contributed by atoms with Gasteiger partial charge in [0.05, 0.1) is 0 Å². The van der Waals surface area contributed by atoms with Crippen LogP contribution in [-0.4, -0.2) is 23.8 Å². The lowest BCUT2D eigenvalue weighted by molar-refractivity contribution is -0.146. The minimum absolute atomic E-state index is 0.590. The van der Waals surface area contributed by atoms with Crippen LogP contribution in [0.3, 0.4) is 0 Å². The average Bonchev–Trinajstić information content (AvgIpc) is 2.05.